The van der Waals surface area contributed by atoms with Crippen LogP contribution in [0.25, 0.3) is 0 Å². The predicted octanol–water partition coefficient (Wildman–Crippen LogP) is 5.42. The molecule has 27 heavy (non-hydrogen) atoms. The Morgan fingerprint density at radius 2 is 1.89 bits per heavy atom. The van der Waals surface area contributed by atoms with Gasteiger partial charge in [-0.1, -0.05) is 63.6 Å². The number of piperidine rings is 1. The van der Waals surface area contributed by atoms with E-state index in [0.29, 0.717) is 11.8 Å². The van der Waals surface area contributed by atoms with Crippen LogP contribution in [0, 0.1) is 11.8 Å². The first-order valence-electron chi connectivity index (χ1n) is 10.5. The minimum atomic E-state index is -2.86. The molecule has 4 heteroatoms. The molecule has 1 fully saturated rings. The van der Waals surface area contributed by atoms with Gasteiger partial charge in [0.05, 0.1) is 0 Å². The van der Waals surface area contributed by atoms with E-state index in [0.717, 1.165) is 23.6 Å². The first-order chi connectivity index (χ1) is 13.0. The Labute approximate surface area is 166 Å². The van der Waals surface area contributed by atoms with Crippen molar-refractivity contribution in [3.05, 3.63) is 53.9 Å². The molecule has 3 atom stereocenters. The Balaban J connectivity index is 0.00000280. The van der Waals surface area contributed by atoms with Crippen molar-refractivity contribution in [2.24, 2.45) is 11.8 Å². The van der Waals surface area contributed by atoms with Gasteiger partial charge in [-0.05, 0) is 56.3 Å². The van der Waals surface area contributed by atoms with E-state index in [-0.39, 0.29) is 7.47 Å². The summed E-state index contributed by atoms with van der Waals surface area (Å²) in [5.41, 5.74) is 0. The normalized spacial score (nSPS) is 24.4. The summed E-state index contributed by atoms with van der Waals surface area (Å²) >= 11 is 0. The maximum absolute atomic E-state index is 14.4. The van der Waals surface area contributed by atoms with Crippen molar-refractivity contribution >= 4 is 12.6 Å². The van der Waals surface area contributed by atoms with Crippen LogP contribution < -0.4 is 10.4 Å². The molecular formula is C23H37N2OP. The number of hydrogen-bond acceptors (Lipinski definition) is 2. The second kappa shape index (κ2) is 9.37. The van der Waals surface area contributed by atoms with Crippen LogP contribution in [-0.4, -0.2) is 30.6 Å². The maximum atomic E-state index is 14.4. The van der Waals surface area contributed by atoms with Crippen molar-refractivity contribution in [1.82, 2.24) is 9.99 Å². The molecule has 150 valence electrons. The molecule has 3 rings (SSSR count). The van der Waals surface area contributed by atoms with Crippen LogP contribution in [-0.2, 0) is 4.57 Å². The number of allylic oxidation sites excluding steroid dienone is 4. The van der Waals surface area contributed by atoms with Gasteiger partial charge in [0, 0.05) is 24.6 Å². The topological polar surface area (TPSA) is 32.3 Å². The SMILES string of the molecule is CC1C=C(P(=O)(N[C@@H](CN2CCCCC2)C(C)C)c2ccccc2)C=CC1.[HH]. The van der Waals surface area contributed by atoms with Gasteiger partial charge in [0.25, 0.3) is 0 Å². The van der Waals surface area contributed by atoms with Gasteiger partial charge in [0.2, 0.25) is 7.29 Å². The smallest absolute Gasteiger partial charge is 0.204 e. The molecule has 1 aromatic rings. The van der Waals surface area contributed by atoms with E-state index in [1.54, 1.807) is 0 Å². The quantitative estimate of drug-likeness (QED) is 0.633. The molecule has 1 heterocycles. The van der Waals surface area contributed by atoms with E-state index >= 15 is 0 Å². The van der Waals surface area contributed by atoms with Crippen molar-refractivity contribution < 1.29 is 5.99 Å². The fourth-order valence-corrected chi connectivity index (χ4v) is 6.83. The van der Waals surface area contributed by atoms with Crippen molar-refractivity contribution in [2.45, 2.75) is 52.5 Å². The third-order valence-electron chi connectivity index (χ3n) is 5.79. The molecule has 0 saturated carbocycles. The van der Waals surface area contributed by atoms with Crippen LogP contribution in [0.1, 0.15) is 47.9 Å². The number of hydrogen-bond donors (Lipinski definition) is 1. The summed E-state index contributed by atoms with van der Waals surface area (Å²) in [5.74, 6) is 0.859. The van der Waals surface area contributed by atoms with Gasteiger partial charge in [0.1, 0.15) is 0 Å². The van der Waals surface area contributed by atoms with E-state index in [9.17, 15) is 4.57 Å². The fourth-order valence-electron chi connectivity index (χ4n) is 4.02. The van der Waals surface area contributed by atoms with E-state index in [2.05, 4.69) is 49.0 Å². The number of rotatable bonds is 7. The summed E-state index contributed by atoms with van der Waals surface area (Å²) in [6.07, 6.45) is 11.4. The van der Waals surface area contributed by atoms with Crippen molar-refractivity contribution in [3.63, 3.8) is 0 Å². The summed E-state index contributed by atoms with van der Waals surface area (Å²) < 4.78 is 14.4. The third-order valence-corrected chi connectivity index (χ3v) is 8.54. The van der Waals surface area contributed by atoms with Crippen molar-refractivity contribution in [2.75, 3.05) is 19.6 Å². The lowest BCUT2D eigenvalue weighted by Crippen LogP contribution is -2.45. The van der Waals surface area contributed by atoms with Gasteiger partial charge < -0.3 is 4.90 Å². The molecule has 1 aliphatic carbocycles. The summed E-state index contributed by atoms with van der Waals surface area (Å²) in [6, 6.07) is 10.2. The van der Waals surface area contributed by atoms with Crippen LogP contribution >= 0.6 is 7.29 Å². The summed E-state index contributed by atoms with van der Waals surface area (Å²) in [5, 5.41) is 5.56. The first kappa shape index (κ1) is 20.6. The second-order valence-electron chi connectivity index (χ2n) is 8.49. The fraction of sp³-hybridized carbons (Fsp3) is 0.565. The lowest BCUT2D eigenvalue weighted by atomic mass is 10.0. The maximum Gasteiger partial charge on any atom is 0.204 e. The molecule has 0 bridgehead atoms. The predicted molar refractivity (Wildman–Crippen MR) is 119 cm³/mol. The molecule has 0 radical (unpaired) electrons. The molecule has 0 aromatic heterocycles. The molecule has 2 unspecified atom stereocenters. The van der Waals surface area contributed by atoms with Crippen LogP contribution in [0.15, 0.2) is 53.9 Å². The Kier molecular flexibility index (Phi) is 7.14. The molecule has 1 saturated heterocycles. The monoisotopic (exact) mass is 388 g/mol. The third kappa shape index (κ3) is 5.22. The zero-order valence-electron chi connectivity index (χ0n) is 17.1. The number of likely N-dealkylation sites (tertiary alicyclic amines) is 1. The highest BCUT2D eigenvalue weighted by Gasteiger charge is 2.33. The number of benzene rings is 1. The van der Waals surface area contributed by atoms with E-state index in [1.165, 1.54) is 32.4 Å². The molecule has 2 aliphatic rings. The van der Waals surface area contributed by atoms with Gasteiger partial charge >= 0.3 is 0 Å². The molecule has 1 N–H and O–H groups in total. The molecule has 1 aliphatic heterocycles. The largest absolute Gasteiger partial charge is 0.302 e. The summed E-state index contributed by atoms with van der Waals surface area (Å²) in [6.45, 7) is 9.99. The molecule has 0 spiro atoms. The standard InChI is InChI=1S/C23H35N2OP.H2/c1-19(2)23(18-25-15-8-5-9-16-25)24-27(26,21-12-6-4-7-13-21)22-14-10-11-20(3)17-22;/h4,6-7,10,12-14,17,19-20,23H,5,8-9,11,15-16,18H2,1-3H3,(H,24,26);1H/t20?,23-,27?;/m0./s1. The lowest BCUT2D eigenvalue weighted by molar-refractivity contribution is 0.197. The lowest BCUT2D eigenvalue weighted by Gasteiger charge is -2.35. The average Bonchev–Trinajstić information content (AvgIpc) is 2.69. The summed E-state index contributed by atoms with van der Waals surface area (Å²) in [7, 11) is -2.86. The van der Waals surface area contributed by atoms with Crippen LogP contribution in [0.5, 0.6) is 0 Å². The van der Waals surface area contributed by atoms with E-state index in [1.807, 2.05) is 30.3 Å². The van der Waals surface area contributed by atoms with Crippen molar-refractivity contribution in [3.8, 4) is 0 Å². The highest BCUT2D eigenvalue weighted by atomic mass is 31.2. The van der Waals surface area contributed by atoms with Gasteiger partial charge in [-0.15, -0.1) is 0 Å². The Morgan fingerprint density at radius 3 is 2.52 bits per heavy atom. The number of nitrogens with zero attached hydrogens (tertiary/aromatic N) is 1. The highest BCUT2D eigenvalue weighted by molar-refractivity contribution is 7.74. The Bertz CT molecular complexity index is 711. The Morgan fingerprint density at radius 1 is 1.19 bits per heavy atom. The van der Waals surface area contributed by atoms with Gasteiger partial charge in [-0.2, -0.15) is 0 Å². The molecular weight excluding hydrogens is 351 g/mol. The second-order valence-corrected chi connectivity index (χ2v) is 11.0. The van der Waals surface area contributed by atoms with E-state index < -0.39 is 7.29 Å². The first-order valence-corrected chi connectivity index (χ1v) is 12.2. The van der Waals surface area contributed by atoms with Gasteiger partial charge in [0.15, 0.2) is 0 Å². The average molecular weight is 389 g/mol. The summed E-state index contributed by atoms with van der Waals surface area (Å²) in [4.78, 5) is 2.55. The molecule has 1 aromatic carbocycles. The minimum absolute atomic E-state index is 0. The van der Waals surface area contributed by atoms with Crippen molar-refractivity contribution in [1.29, 1.82) is 0 Å². The molecule has 0 amide bonds. The zero-order valence-corrected chi connectivity index (χ0v) is 18.0. The minimum Gasteiger partial charge on any atom is -0.302 e. The number of nitrogens with one attached hydrogen (secondary N) is 1. The molecule has 3 nitrogen and oxygen atoms in total. The van der Waals surface area contributed by atoms with E-state index in [4.69, 9.17) is 0 Å². The van der Waals surface area contributed by atoms with Crippen LogP contribution in [0.3, 0.4) is 0 Å². The van der Waals surface area contributed by atoms with Gasteiger partial charge in [-0.3, -0.25) is 9.65 Å². The van der Waals surface area contributed by atoms with Gasteiger partial charge in [-0.25, -0.2) is 0 Å². The van der Waals surface area contributed by atoms with Crippen LogP contribution in [0.4, 0.5) is 0 Å². The Hall–Kier alpha value is -1.15. The highest BCUT2D eigenvalue weighted by Crippen LogP contribution is 2.52. The zero-order chi connectivity index (χ0) is 19.3. The van der Waals surface area contributed by atoms with Crippen LogP contribution in [0.2, 0.25) is 0 Å².